The molecule has 1 aromatic heterocycles. The van der Waals surface area contributed by atoms with E-state index in [2.05, 4.69) is 36.3 Å². The average Bonchev–Trinajstić information content (AvgIpc) is 2.77. The lowest BCUT2D eigenvalue weighted by molar-refractivity contribution is 0.0772. The highest BCUT2D eigenvalue weighted by atomic mass is 32.2. The Morgan fingerprint density at radius 1 is 0.968 bits per heavy atom. The van der Waals surface area contributed by atoms with Gasteiger partial charge in [-0.1, -0.05) is 23.9 Å². The van der Waals surface area contributed by atoms with Crippen LogP contribution in [-0.2, 0) is 0 Å². The normalized spacial score (nSPS) is 10.6. The minimum Gasteiger partial charge on any atom is -0.339 e. The van der Waals surface area contributed by atoms with Gasteiger partial charge in [-0.2, -0.15) is 0 Å². The third-order valence-electron chi connectivity index (χ3n) is 5.13. The third kappa shape index (κ3) is 5.52. The Kier molecular flexibility index (Phi) is 7.47. The second-order valence-corrected chi connectivity index (χ2v) is 8.28. The van der Waals surface area contributed by atoms with E-state index in [1.165, 1.54) is 22.9 Å². The highest BCUT2D eigenvalue weighted by molar-refractivity contribution is 7.99. The van der Waals surface area contributed by atoms with E-state index in [0.717, 1.165) is 4.90 Å². The summed E-state index contributed by atoms with van der Waals surface area (Å²) >= 11 is 1.46. The Balaban J connectivity index is 1.81. The lowest BCUT2D eigenvalue weighted by Crippen LogP contribution is -2.30. The van der Waals surface area contributed by atoms with Crippen molar-refractivity contribution < 1.29 is 9.59 Å². The fourth-order valence-corrected chi connectivity index (χ4v) is 4.14. The van der Waals surface area contributed by atoms with E-state index >= 15 is 0 Å². The van der Waals surface area contributed by atoms with Crippen molar-refractivity contribution in [1.29, 1.82) is 0 Å². The smallest absolute Gasteiger partial charge is 0.258 e. The van der Waals surface area contributed by atoms with Crippen LogP contribution in [0.3, 0.4) is 0 Å². The summed E-state index contributed by atoms with van der Waals surface area (Å²) in [6.45, 7) is 9.32. The minimum absolute atomic E-state index is 0.0477. The van der Waals surface area contributed by atoms with Gasteiger partial charge in [-0.3, -0.25) is 9.59 Å². The summed E-state index contributed by atoms with van der Waals surface area (Å²) in [6, 6.07) is 16.7. The van der Waals surface area contributed by atoms with Gasteiger partial charge in [0.1, 0.15) is 5.03 Å². The van der Waals surface area contributed by atoms with Crippen molar-refractivity contribution in [3.8, 4) is 0 Å². The summed E-state index contributed by atoms with van der Waals surface area (Å²) in [5.74, 6) is -0.305. The predicted octanol–water partition coefficient (Wildman–Crippen LogP) is 5.58. The molecule has 0 spiro atoms. The van der Waals surface area contributed by atoms with Gasteiger partial charge in [-0.25, -0.2) is 4.98 Å². The Morgan fingerprint density at radius 3 is 2.45 bits per heavy atom. The Hall–Kier alpha value is -3.12. The van der Waals surface area contributed by atoms with Gasteiger partial charge < -0.3 is 10.2 Å². The lowest BCUT2D eigenvalue weighted by atomic mass is 10.1. The Labute approximate surface area is 187 Å². The van der Waals surface area contributed by atoms with Crippen LogP contribution in [0.4, 0.5) is 5.69 Å². The highest BCUT2D eigenvalue weighted by Gasteiger charge is 2.16. The molecular weight excluding hydrogens is 406 g/mol. The van der Waals surface area contributed by atoms with Crippen LogP contribution in [0.5, 0.6) is 0 Å². The van der Waals surface area contributed by atoms with Gasteiger partial charge in [0, 0.05) is 35.4 Å². The number of amides is 2. The first kappa shape index (κ1) is 22.6. The van der Waals surface area contributed by atoms with Crippen LogP contribution in [0, 0.1) is 13.8 Å². The largest absolute Gasteiger partial charge is 0.339 e. The van der Waals surface area contributed by atoms with Gasteiger partial charge in [0.05, 0.1) is 5.56 Å². The standard InChI is InChI=1S/C25H27N3O2S/c1-5-28(6-2)25(30)19-9-7-10-20(16-19)27-23(29)22-11-8-14-26-24(22)31-21-13-12-17(3)18(4)15-21/h7-16H,5-6H2,1-4H3,(H,27,29). The summed E-state index contributed by atoms with van der Waals surface area (Å²) in [6.07, 6.45) is 1.68. The summed E-state index contributed by atoms with van der Waals surface area (Å²) in [5.41, 5.74) is 4.04. The number of hydrogen-bond acceptors (Lipinski definition) is 4. The zero-order valence-corrected chi connectivity index (χ0v) is 19.1. The van der Waals surface area contributed by atoms with E-state index in [-0.39, 0.29) is 11.8 Å². The zero-order valence-electron chi connectivity index (χ0n) is 18.3. The number of hydrogen-bond donors (Lipinski definition) is 1. The van der Waals surface area contributed by atoms with E-state index in [1.54, 1.807) is 47.5 Å². The molecule has 2 aromatic carbocycles. The van der Waals surface area contributed by atoms with Gasteiger partial charge >= 0.3 is 0 Å². The van der Waals surface area contributed by atoms with Crippen LogP contribution in [0.25, 0.3) is 0 Å². The van der Waals surface area contributed by atoms with Crippen molar-refractivity contribution in [2.45, 2.75) is 37.6 Å². The molecule has 2 amide bonds. The summed E-state index contributed by atoms with van der Waals surface area (Å²) < 4.78 is 0. The van der Waals surface area contributed by atoms with Crippen molar-refractivity contribution in [3.63, 3.8) is 0 Å². The molecule has 1 N–H and O–H groups in total. The van der Waals surface area contributed by atoms with E-state index in [4.69, 9.17) is 0 Å². The SMILES string of the molecule is CCN(CC)C(=O)c1cccc(NC(=O)c2cccnc2Sc2ccc(C)c(C)c2)c1. The fraction of sp³-hybridized carbons (Fsp3) is 0.240. The number of anilines is 1. The van der Waals surface area contributed by atoms with Crippen LogP contribution < -0.4 is 5.32 Å². The molecule has 1 heterocycles. The van der Waals surface area contributed by atoms with Gasteiger partial charge in [-0.15, -0.1) is 0 Å². The van der Waals surface area contributed by atoms with Gasteiger partial charge in [0.25, 0.3) is 11.8 Å². The summed E-state index contributed by atoms with van der Waals surface area (Å²) in [7, 11) is 0. The molecule has 0 saturated heterocycles. The molecule has 0 aliphatic rings. The quantitative estimate of drug-likeness (QED) is 0.528. The molecule has 0 unspecified atom stereocenters. The fourth-order valence-electron chi connectivity index (χ4n) is 3.16. The maximum atomic E-state index is 13.0. The van der Waals surface area contributed by atoms with Crippen LogP contribution in [-0.4, -0.2) is 34.8 Å². The zero-order chi connectivity index (χ0) is 22.4. The molecule has 0 aliphatic heterocycles. The molecule has 5 nitrogen and oxygen atoms in total. The van der Waals surface area contributed by atoms with Crippen molar-refractivity contribution in [3.05, 3.63) is 83.0 Å². The molecule has 3 aromatic rings. The topological polar surface area (TPSA) is 62.3 Å². The molecule has 31 heavy (non-hydrogen) atoms. The van der Waals surface area contributed by atoms with E-state index in [0.29, 0.717) is 34.9 Å². The van der Waals surface area contributed by atoms with Crippen LogP contribution in [0.1, 0.15) is 45.7 Å². The maximum Gasteiger partial charge on any atom is 0.258 e. The number of nitrogens with one attached hydrogen (secondary N) is 1. The molecule has 3 rings (SSSR count). The number of rotatable bonds is 7. The molecule has 0 atom stereocenters. The van der Waals surface area contributed by atoms with E-state index < -0.39 is 0 Å². The van der Waals surface area contributed by atoms with Crippen molar-refractivity contribution in [2.24, 2.45) is 0 Å². The van der Waals surface area contributed by atoms with Crippen molar-refractivity contribution in [1.82, 2.24) is 9.88 Å². The van der Waals surface area contributed by atoms with Crippen molar-refractivity contribution >= 4 is 29.3 Å². The highest BCUT2D eigenvalue weighted by Crippen LogP contribution is 2.30. The number of carbonyl (C=O) groups is 2. The third-order valence-corrected chi connectivity index (χ3v) is 6.14. The Morgan fingerprint density at radius 2 is 1.74 bits per heavy atom. The van der Waals surface area contributed by atoms with Gasteiger partial charge in [0.15, 0.2) is 0 Å². The summed E-state index contributed by atoms with van der Waals surface area (Å²) in [5, 5.41) is 3.55. The van der Waals surface area contributed by atoms with E-state index in [1.807, 2.05) is 19.9 Å². The second kappa shape index (κ2) is 10.3. The van der Waals surface area contributed by atoms with Crippen molar-refractivity contribution in [2.75, 3.05) is 18.4 Å². The number of carbonyl (C=O) groups excluding carboxylic acids is 2. The predicted molar refractivity (Wildman–Crippen MR) is 126 cm³/mol. The van der Waals surface area contributed by atoms with Crippen LogP contribution in [0.2, 0.25) is 0 Å². The van der Waals surface area contributed by atoms with Gasteiger partial charge in [-0.05, 0) is 81.3 Å². The Bertz CT molecular complexity index is 1090. The molecular formula is C25H27N3O2S. The first-order valence-electron chi connectivity index (χ1n) is 10.3. The molecule has 0 fully saturated rings. The number of benzene rings is 2. The van der Waals surface area contributed by atoms with Gasteiger partial charge in [0.2, 0.25) is 0 Å². The van der Waals surface area contributed by atoms with Crippen LogP contribution in [0.15, 0.2) is 70.7 Å². The maximum absolute atomic E-state index is 13.0. The molecule has 0 aliphatic carbocycles. The van der Waals surface area contributed by atoms with Crippen LogP contribution >= 0.6 is 11.8 Å². The minimum atomic E-state index is -0.258. The number of aryl methyl sites for hydroxylation is 2. The lowest BCUT2D eigenvalue weighted by Gasteiger charge is -2.19. The monoisotopic (exact) mass is 433 g/mol. The first-order chi connectivity index (χ1) is 14.9. The number of aromatic nitrogens is 1. The molecule has 0 bridgehead atoms. The first-order valence-corrected chi connectivity index (χ1v) is 11.1. The molecule has 0 saturated carbocycles. The number of pyridine rings is 1. The number of nitrogens with zero attached hydrogens (tertiary/aromatic N) is 2. The summed E-state index contributed by atoms with van der Waals surface area (Å²) in [4.78, 5) is 32.8. The average molecular weight is 434 g/mol. The molecule has 160 valence electrons. The second-order valence-electron chi connectivity index (χ2n) is 7.22. The van der Waals surface area contributed by atoms with E-state index in [9.17, 15) is 9.59 Å². The molecule has 0 radical (unpaired) electrons. The molecule has 6 heteroatoms.